The molecule has 0 fully saturated rings. The molecule has 25 heavy (non-hydrogen) atoms. The van der Waals surface area contributed by atoms with Gasteiger partial charge in [-0.05, 0) is 24.3 Å². The Labute approximate surface area is 135 Å². The normalized spacial score (nSPS) is 11.1. The third kappa shape index (κ3) is 3.40. The van der Waals surface area contributed by atoms with Crippen molar-refractivity contribution >= 4 is 11.6 Å². The number of anilines is 1. The lowest BCUT2D eigenvalue weighted by Gasteiger charge is -2.14. The Kier molecular flexibility index (Phi) is 4.69. The topological polar surface area (TPSA) is 52.9 Å². The molecular weight excluding hydrogens is 357 g/mol. The quantitative estimate of drug-likeness (QED) is 0.637. The van der Waals surface area contributed by atoms with E-state index in [2.05, 4.69) is 0 Å². The first-order chi connectivity index (χ1) is 11.6. The molecule has 2 aromatic carbocycles. The van der Waals surface area contributed by atoms with Gasteiger partial charge < -0.3 is 5.32 Å². The summed E-state index contributed by atoms with van der Waals surface area (Å²) in [4.78, 5) is 11.8. The van der Waals surface area contributed by atoms with Gasteiger partial charge in [0.15, 0.2) is 23.3 Å². The van der Waals surface area contributed by atoms with Crippen LogP contribution in [0.15, 0.2) is 24.3 Å². The van der Waals surface area contributed by atoms with Gasteiger partial charge in [-0.1, -0.05) is 0 Å². The Morgan fingerprint density at radius 1 is 0.920 bits per heavy atom. The van der Waals surface area contributed by atoms with Crippen molar-refractivity contribution in [2.24, 2.45) is 0 Å². The van der Waals surface area contributed by atoms with Crippen LogP contribution in [0, 0.1) is 34.6 Å². The van der Waals surface area contributed by atoms with E-state index in [9.17, 15) is 35.5 Å². The van der Waals surface area contributed by atoms with Crippen LogP contribution in [0.25, 0.3) is 0 Å². The lowest BCUT2D eigenvalue weighted by Crippen LogP contribution is -2.20. The molecule has 0 unspecified atom stereocenters. The van der Waals surface area contributed by atoms with Crippen LogP contribution < -0.4 is 5.32 Å². The summed E-state index contributed by atoms with van der Waals surface area (Å²) in [6.07, 6.45) is -5.68. The van der Waals surface area contributed by atoms with Crippen LogP contribution in [0.4, 0.5) is 36.4 Å². The van der Waals surface area contributed by atoms with E-state index in [0.717, 1.165) is 12.1 Å². The summed E-state index contributed by atoms with van der Waals surface area (Å²) in [7, 11) is 0. The number of nitrogens with one attached hydrogen (secondary N) is 1. The summed E-state index contributed by atoms with van der Waals surface area (Å²) >= 11 is 0. The Balaban J connectivity index is 2.46. The average molecular weight is 362 g/mol. The first-order valence-electron chi connectivity index (χ1n) is 6.32. The molecule has 0 heterocycles. The zero-order valence-electron chi connectivity index (χ0n) is 11.8. The number of nitrogens with zero attached hydrogens (tertiary/aromatic N) is 1. The predicted octanol–water partition coefficient (Wildman–Crippen LogP) is 4.39. The van der Waals surface area contributed by atoms with Gasteiger partial charge in [0.25, 0.3) is 5.91 Å². The number of hydrogen-bond acceptors (Lipinski definition) is 2. The van der Waals surface area contributed by atoms with Crippen molar-refractivity contribution in [1.82, 2.24) is 0 Å². The Morgan fingerprint density at radius 2 is 1.40 bits per heavy atom. The molecular formula is C15H5F7N2O. The molecule has 0 atom stereocenters. The summed E-state index contributed by atoms with van der Waals surface area (Å²) < 4.78 is 91.7. The molecule has 0 aliphatic rings. The zero-order valence-corrected chi connectivity index (χ0v) is 11.8. The van der Waals surface area contributed by atoms with Crippen LogP contribution in [-0.2, 0) is 6.18 Å². The summed E-state index contributed by atoms with van der Waals surface area (Å²) in [5, 5.41) is 10.1. The highest BCUT2D eigenvalue weighted by atomic mass is 19.4. The van der Waals surface area contributed by atoms with Gasteiger partial charge in [0, 0.05) is 5.56 Å². The lowest BCUT2D eigenvalue weighted by atomic mass is 10.1. The fourth-order valence-electron chi connectivity index (χ4n) is 1.87. The molecule has 0 saturated carbocycles. The van der Waals surface area contributed by atoms with Gasteiger partial charge in [0.05, 0.1) is 11.6 Å². The van der Waals surface area contributed by atoms with E-state index in [4.69, 9.17) is 5.26 Å². The van der Waals surface area contributed by atoms with Crippen LogP contribution in [0.3, 0.4) is 0 Å². The number of hydrogen-bond donors (Lipinski definition) is 1. The van der Waals surface area contributed by atoms with Crippen molar-refractivity contribution in [3.63, 3.8) is 0 Å². The van der Waals surface area contributed by atoms with E-state index >= 15 is 0 Å². The van der Waals surface area contributed by atoms with Gasteiger partial charge in [-0.2, -0.15) is 18.4 Å². The Bertz CT molecular complexity index is 854. The first kappa shape index (κ1) is 18.3. The summed E-state index contributed by atoms with van der Waals surface area (Å²) in [6.45, 7) is 0. The van der Waals surface area contributed by atoms with Crippen molar-refractivity contribution in [3.8, 4) is 6.07 Å². The third-order valence-corrected chi connectivity index (χ3v) is 3.06. The summed E-state index contributed by atoms with van der Waals surface area (Å²) in [5.74, 6) is -11.4. The molecule has 0 radical (unpaired) electrons. The van der Waals surface area contributed by atoms with E-state index in [1.807, 2.05) is 0 Å². The molecule has 10 heteroatoms. The van der Waals surface area contributed by atoms with Gasteiger partial charge in [-0.3, -0.25) is 4.79 Å². The zero-order chi connectivity index (χ0) is 18.9. The average Bonchev–Trinajstić information content (AvgIpc) is 2.55. The van der Waals surface area contributed by atoms with Gasteiger partial charge in [0.1, 0.15) is 11.3 Å². The highest BCUT2D eigenvalue weighted by Crippen LogP contribution is 2.38. The van der Waals surface area contributed by atoms with E-state index < -0.39 is 46.6 Å². The maximum absolute atomic E-state index is 13.7. The molecule has 0 aromatic heterocycles. The maximum Gasteiger partial charge on any atom is 0.422 e. The van der Waals surface area contributed by atoms with E-state index in [1.165, 1.54) is 17.4 Å². The summed E-state index contributed by atoms with van der Waals surface area (Å²) in [6, 6.07) is 6.23. The number of rotatable bonds is 2. The van der Waals surface area contributed by atoms with Crippen LogP contribution in [0.5, 0.6) is 0 Å². The minimum absolute atomic E-state index is 0.153. The molecule has 130 valence electrons. The molecule has 0 spiro atoms. The Hall–Kier alpha value is -3.09. The SMILES string of the molecule is N#Cc1ccc(C(=O)Nc2c(F)c(F)c(C(F)(F)F)c(F)c2F)cc1. The van der Waals surface area contributed by atoms with E-state index in [0.29, 0.717) is 0 Å². The van der Waals surface area contributed by atoms with Crippen molar-refractivity contribution in [2.75, 3.05) is 5.32 Å². The smallest absolute Gasteiger partial charge is 0.317 e. The molecule has 2 rings (SSSR count). The van der Waals surface area contributed by atoms with Crippen molar-refractivity contribution < 1.29 is 35.5 Å². The second-order valence-electron chi connectivity index (χ2n) is 4.65. The number of carbonyl (C=O) groups excluding carboxylic acids is 1. The lowest BCUT2D eigenvalue weighted by molar-refractivity contribution is -0.143. The van der Waals surface area contributed by atoms with Crippen LogP contribution in [0.1, 0.15) is 21.5 Å². The number of halogens is 7. The number of nitriles is 1. The standard InChI is InChI=1S/C15H5F7N2O/c16-9-8(15(20,21)22)10(17)12(19)13(11(9)18)24-14(25)7-3-1-6(5-23)2-4-7/h1-4H,(H,24,25). The van der Waals surface area contributed by atoms with Gasteiger partial charge >= 0.3 is 6.18 Å². The number of alkyl halides is 3. The molecule has 0 saturated heterocycles. The fraction of sp³-hybridized carbons (Fsp3) is 0.0667. The highest BCUT2D eigenvalue weighted by Gasteiger charge is 2.42. The molecule has 0 aliphatic heterocycles. The predicted molar refractivity (Wildman–Crippen MR) is 70.4 cm³/mol. The highest BCUT2D eigenvalue weighted by molar-refractivity contribution is 6.04. The molecule has 0 aliphatic carbocycles. The first-order valence-corrected chi connectivity index (χ1v) is 6.32. The van der Waals surface area contributed by atoms with Crippen LogP contribution in [-0.4, -0.2) is 5.91 Å². The molecule has 2 aromatic rings. The van der Waals surface area contributed by atoms with Crippen LogP contribution in [0.2, 0.25) is 0 Å². The molecule has 0 bridgehead atoms. The maximum atomic E-state index is 13.7. The van der Waals surface area contributed by atoms with E-state index in [1.54, 1.807) is 6.07 Å². The monoisotopic (exact) mass is 362 g/mol. The van der Waals surface area contributed by atoms with Gasteiger partial charge in [-0.25, -0.2) is 17.6 Å². The second kappa shape index (κ2) is 6.43. The summed E-state index contributed by atoms with van der Waals surface area (Å²) in [5.41, 5.74) is -4.53. The second-order valence-corrected chi connectivity index (χ2v) is 4.65. The Morgan fingerprint density at radius 3 is 1.80 bits per heavy atom. The molecule has 1 N–H and O–H groups in total. The van der Waals surface area contributed by atoms with Gasteiger partial charge in [-0.15, -0.1) is 0 Å². The number of benzene rings is 2. The number of carbonyl (C=O) groups is 1. The minimum Gasteiger partial charge on any atom is -0.317 e. The largest absolute Gasteiger partial charge is 0.422 e. The molecule has 1 amide bonds. The van der Waals surface area contributed by atoms with Crippen LogP contribution >= 0.6 is 0 Å². The van der Waals surface area contributed by atoms with Crippen molar-refractivity contribution in [3.05, 3.63) is 64.2 Å². The van der Waals surface area contributed by atoms with Crippen molar-refractivity contribution in [2.45, 2.75) is 6.18 Å². The van der Waals surface area contributed by atoms with E-state index in [-0.39, 0.29) is 11.1 Å². The van der Waals surface area contributed by atoms with Crippen molar-refractivity contribution in [1.29, 1.82) is 5.26 Å². The third-order valence-electron chi connectivity index (χ3n) is 3.06. The minimum atomic E-state index is -5.68. The fourth-order valence-corrected chi connectivity index (χ4v) is 1.87. The van der Waals surface area contributed by atoms with Gasteiger partial charge in [0.2, 0.25) is 0 Å². The molecule has 3 nitrogen and oxygen atoms in total. The number of amides is 1.